The molecule has 0 saturated carbocycles. The molecular weight excluding hydrogens is 883 g/mol. The Morgan fingerprint density at radius 2 is 0.836 bits per heavy atom. The molecule has 0 fully saturated rings. The number of hydrogen-bond acceptors (Lipinski definition) is 2. The van der Waals surface area contributed by atoms with Crippen molar-refractivity contribution < 1.29 is 4.42 Å². The maximum atomic E-state index is 6.87. The minimum Gasteiger partial charge on any atom is -0.455 e. The summed E-state index contributed by atoms with van der Waals surface area (Å²) in [5, 5.41) is 4.64. The van der Waals surface area contributed by atoms with Gasteiger partial charge in [-0.25, -0.2) is 0 Å². The molecule has 0 atom stereocenters. The Morgan fingerprint density at radius 1 is 0.301 bits per heavy atom. The number of hydrogen-bond donors (Lipinski definition) is 0. The molecule has 0 saturated heterocycles. The van der Waals surface area contributed by atoms with Gasteiger partial charge in [0.15, 0.2) is 0 Å². The third kappa shape index (κ3) is 7.02. The van der Waals surface area contributed by atoms with Crippen molar-refractivity contribution in [2.24, 2.45) is 0 Å². The van der Waals surface area contributed by atoms with Gasteiger partial charge in [0.2, 0.25) is 0 Å². The first-order valence-electron chi connectivity index (χ1n) is 25.1. The Hall–Kier alpha value is -9.50. The second kappa shape index (κ2) is 17.4. The molecule has 0 aliphatic heterocycles. The standard InChI is InChI=1S/C71H47NO/c1-4-18-52(19-5-1)61-43-44-67(69-64-28-13-15-30-68(64)73-70(61)69)72(59-40-37-50(38-41-59)49-31-33-51(34-32-49)55-36-35-48-17-10-11-20-53(48)45-55)60-26-16-21-54(46-60)56-39-42-63-62-27-12-14-29-65(62)71(66(63)47-56,57-22-6-2-7-23-57)58-24-8-3-9-25-58/h1-47H. The van der Waals surface area contributed by atoms with Crippen molar-refractivity contribution in [1.29, 1.82) is 0 Å². The van der Waals surface area contributed by atoms with E-state index in [1.54, 1.807) is 0 Å². The minimum atomic E-state index is -0.499. The summed E-state index contributed by atoms with van der Waals surface area (Å²) in [6.07, 6.45) is 0. The highest BCUT2D eigenvalue weighted by molar-refractivity contribution is 6.17. The highest BCUT2D eigenvalue weighted by atomic mass is 16.3. The van der Waals surface area contributed by atoms with Gasteiger partial charge in [0.25, 0.3) is 0 Å². The normalized spacial score (nSPS) is 12.5. The van der Waals surface area contributed by atoms with Crippen LogP contribution >= 0.6 is 0 Å². The fourth-order valence-electron chi connectivity index (χ4n) is 11.7. The van der Waals surface area contributed by atoms with Gasteiger partial charge in [0.1, 0.15) is 11.2 Å². The number of fused-ring (bicyclic) bond motifs is 7. The van der Waals surface area contributed by atoms with E-state index < -0.39 is 5.41 Å². The third-order valence-corrected chi connectivity index (χ3v) is 15.2. The van der Waals surface area contributed by atoms with Gasteiger partial charge < -0.3 is 9.32 Å². The van der Waals surface area contributed by atoms with Crippen LogP contribution in [-0.2, 0) is 5.41 Å². The van der Waals surface area contributed by atoms with Gasteiger partial charge in [-0.15, -0.1) is 0 Å². The predicted molar refractivity (Wildman–Crippen MR) is 305 cm³/mol. The Morgan fingerprint density at radius 3 is 1.59 bits per heavy atom. The maximum Gasteiger partial charge on any atom is 0.145 e. The van der Waals surface area contributed by atoms with Crippen LogP contribution in [0.1, 0.15) is 22.3 Å². The monoisotopic (exact) mass is 929 g/mol. The van der Waals surface area contributed by atoms with E-state index in [-0.39, 0.29) is 0 Å². The smallest absolute Gasteiger partial charge is 0.145 e. The van der Waals surface area contributed by atoms with Gasteiger partial charge in [0, 0.05) is 22.3 Å². The largest absolute Gasteiger partial charge is 0.455 e. The summed E-state index contributed by atoms with van der Waals surface area (Å²) >= 11 is 0. The van der Waals surface area contributed by atoms with Crippen molar-refractivity contribution >= 4 is 49.8 Å². The van der Waals surface area contributed by atoms with Gasteiger partial charge in [-0.1, -0.05) is 231 Å². The zero-order valence-electron chi connectivity index (χ0n) is 40.0. The second-order valence-corrected chi connectivity index (χ2v) is 19.2. The van der Waals surface area contributed by atoms with Crippen LogP contribution in [0.2, 0.25) is 0 Å². The van der Waals surface area contributed by atoms with E-state index in [1.165, 1.54) is 60.8 Å². The molecule has 0 N–H and O–H groups in total. The van der Waals surface area contributed by atoms with Crippen LogP contribution in [0, 0.1) is 0 Å². The molecule has 14 rings (SSSR count). The molecule has 0 spiro atoms. The molecule has 1 heterocycles. The molecule has 1 aromatic heterocycles. The molecule has 73 heavy (non-hydrogen) atoms. The molecule has 342 valence electrons. The average molecular weight is 930 g/mol. The summed E-state index contributed by atoms with van der Waals surface area (Å²) in [7, 11) is 0. The molecule has 0 unspecified atom stereocenters. The summed E-state index contributed by atoms with van der Waals surface area (Å²) in [6.45, 7) is 0. The fraction of sp³-hybridized carbons (Fsp3) is 0.0141. The van der Waals surface area contributed by atoms with Gasteiger partial charge in [-0.05, 0) is 138 Å². The number of para-hydroxylation sites is 1. The van der Waals surface area contributed by atoms with Crippen molar-refractivity contribution in [1.82, 2.24) is 0 Å². The van der Waals surface area contributed by atoms with Gasteiger partial charge in [-0.3, -0.25) is 0 Å². The maximum absolute atomic E-state index is 6.87. The van der Waals surface area contributed by atoms with E-state index >= 15 is 0 Å². The van der Waals surface area contributed by atoms with Gasteiger partial charge in [0.05, 0.1) is 16.5 Å². The zero-order valence-corrected chi connectivity index (χ0v) is 40.0. The van der Waals surface area contributed by atoms with Crippen molar-refractivity contribution in [2.75, 3.05) is 4.90 Å². The Labute approximate surface area is 425 Å². The van der Waals surface area contributed by atoms with Crippen LogP contribution in [0.25, 0.3) is 88.3 Å². The first-order valence-corrected chi connectivity index (χ1v) is 25.1. The molecule has 2 heteroatoms. The number of rotatable bonds is 9. The quantitative estimate of drug-likeness (QED) is 0.143. The molecule has 1 aliphatic carbocycles. The van der Waals surface area contributed by atoms with Crippen LogP contribution in [0.3, 0.4) is 0 Å². The first kappa shape index (κ1) is 42.4. The molecular formula is C71H47NO. The molecule has 2 nitrogen and oxygen atoms in total. The zero-order chi connectivity index (χ0) is 48.3. The van der Waals surface area contributed by atoms with E-state index in [0.717, 1.165) is 66.8 Å². The van der Waals surface area contributed by atoms with Crippen molar-refractivity contribution in [3.8, 4) is 55.6 Å². The van der Waals surface area contributed by atoms with Crippen LogP contribution in [0.4, 0.5) is 17.1 Å². The van der Waals surface area contributed by atoms with Crippen LogP contribution < -0.4 is 4.90 Å². The summed E-state index contributed by atoms with van der Waals surface area (Å²) in [4.78, 5) is 2.41. The summed E-state index contributed by atoms with van der Waals surface area (Å²) in [5.41, 5.74) is 21.2. The topological polar surface area (TPSA) is 16.4 Å². The van der Waals surface area contributed by atoms with Gasteiger partial charge >= 0.3 is 0 Å². The van der Waals surface area contributed by atoms with Crippen molar-refractivity contribution in [2.45, 2.75) is 5.41 Å². The lowest BCUT2D eigenvalue weighted by atomic mass is 9.67. The van der Waals surface area contributed by atoms with Crippen LogP contribution in [0.15, 0.2) is 290 Å². The van der Waals surface area contributed by atoms with Gasteiger partial charge in [-0.2, -0.15) is 0 Å². The molecule has 0 radical (unpaired) electrons. The minimum absolute atomic E-state index is 0.499. The van der Waals surface area contributed by atoms with Crippen molar-refractivity contribution in [3.05, 3.63) is 307 Å². The molecule has 1 aliphatic rings. The molecule has 12 aromatic carbocycles. The Balaban J connectivity index is 0.922. The van der Waals surface area contributed by atoms with E-state index in [1.807, 2.05) is 0 Å². The first-order chi connectivity index (χ1) is 36.2. The van der Waals surface area contributed by atoms with Crippen LogP contribution in [-0.4, -0.2) is 0 Å². The predicted octanol–water partition coefficient (Wildman–Crippen LogP) is 19.2. The highest BCUT2D eigenvalue weighted by Crippen LogP contribution is 2.57. The number of furan rings is 1. The molecule has 13 aromatic rings. The summed E-state index contributed by atoms with van der Waals surface area (Å²) in [6, 6.07) is 104. The lowest BCUT2D eigenvalue weighted by Crippen LogP contribution is -2.28. The summed E-state index contributed by atoms with van der Waals surface area (Å²) in [5.74, 6) is 0. The van der Waals surface area contributed by atoms with E-state index in [2.05, 4.69) is 290 Å². The molecule has 0 bridgehead atoms. The number of nitrogens with zero attached hydrogens (tertiary/aromatic N) is 1. The Kier molecular flexibility index (Phi) is 10.1. The lowest BCUT2D eigenvalue weighted by molar-refractivity contribution is 0.670. The lowest BCUT2D eigenvalue weighted by Gasteiger charge is -2.34. The SMILES string of the molecule is c1ccc(-c2ccc(N(c3ccc(-c4ccc(-c5ccc6ccccc6c5)cc4)cc3)c3cccc(-c4ccc5c(c4)C(c4ccccc4)(c4ccccc4)c4ccccc4-5)c3)c3c2oc2ccccc23)cc1. The number of benzene rings is 12. The number of anilines is 3. The third-order valence-electron chi connectivity index (χ3n) is 15.2. The van der Waals surface area contributed by atoms with Crippen molar-refractivity contribution in [3.63, 3.8) is 0 Å². The second-order valence-electron chi connectivity index (χ2n) is 19.2. The van der Waals surface area contributed by atoms with E-state index in [9.17, 15) is 0 Å². The average Bonchev–Trinajstić information content (AvgIpc) is 4.02. The van der Waals surface area contributed by atoms with E-state index in [4.69, 9.17) is 4.42 Å². The van der Waals surface area contributed by atoms with Crippen LogP contribution in [0.5, 0.6) is 0 Å². The highest BCUT2D eigenvalue weighted by Gasteiger charge is 2.46. The summed E-state index contributed by atoms with van der Waals surface area (Å²) < 4.78 is 6.87. The Bertz CT molecular complexity index is 4130. The fourth-order valence-corrected chi connectivity index (χ4v) is 11.7. The molecule has 0 amide bonds. The van der Waals surface area contributed by atoms with E-state index in [0.29, 0.717) is 0 Å².